The SMILES string of the molecule is CCn1nc(C)c(C(=O)N[C@H]2COC[C@H]2Cc2cc(C)no2)c1C. The largest absolute Gasteiger partial charge is 0.379 e. The lowest BCUT2D eigenvalue weighted by atomic mass is 9.97. The fourth-order valence-electron chi connectivity index (χ4n) is 3.30. The molecule has 0 spiro atoms. The number of carbonyl (C=O) groups is 1. The molecule has 3 heterocycles. The molecule has 3 rings (SSSR count). The average Bonchev–Trinajstić information content (AvgIpc) is 3.21. The highest BCUT2D eigenvalue weighted by molar-refractivity contribution is 5.96. The molecule has 0 radical (unpaired) electrons. The van der Waals surface area contributed by atoms with Crippen LogP contribution in [0.5, 0.6) is 0 Å². The van der Waals surface area contributed by atoms with E-state index >= 15 is 0 Å². The van der Waals surface area contributed by atoms with Crippen molar-refractivity contribution >= 4 is 5.91 Å². The number of amides is 1. The number of aromatic nitrogens is 3. The molecule has 1 aliphatic rings. The molecule has 1 fully saturated rings. The van der Waals surface area contributed by atoms with E-state index in [1.807, 2.05) is 38.4 Å². The summed E-state index contributed by atoms with van der Waals surface area (Å²) >= 11 is 0. The second-order valence-electron chi connectivity index (χ2n) is 6.38. The van der Waals surface area contributed by atoms with Crippen molar-refractivity contribution in [3.63, 3.8) is 0 Å². The van der Waals surface area contributed by atoms with Crippen molar-refractivity contribution in [3.05, 3.63) is 34.5 Å². The molecule has 130 valence electrons. The number of aryl methyl sites for hydroxylation is 3. The van der Waals surface area contributed by atoms with Crippen LogP contribution in [0.4, 0.5) is 0 Å². The molecular weight excluding hydrogens is 308 g/mol. The second-order valence-corrected chi connectivity index (χ2v) is 6.38. The number of hydrogen-bond acceptors (Lipinski definition) is 5. The smallest absolute Gasteiger partial charge is 0.255 e. The number of carbonyl (C=O) groups excluding carboxylic acids is 1. The van der Waals surface area contributed by atoms with Gasteiger partial charge in [0.25, 0.3) is 5.91 Å². The first kappa shape index (κ1) is 16.7. The van der Waals surface area contributed by atoms with Crippen LogP contribution in [0.25, 0.3) is 0 Å². The van der Waals surface area contributed by atoms with Crippen molar-refractivity contribution in [2.24, 2.45) is 5.92 Å². The number of nitrogens with zero attached hydrogens (tertiary/aromatic N) is 3. The van der Waals surface area contributed by atoms with Gasteiger partial charge >= 0.3 is 0 Å². The minimum absolute atomic E-state index is 0.0355. The molecule has 1 N–H and O–H groups in total. The highest BCUT2D eigenvalue weighted by atomic mass is 16.5. The molecule has 2 aromatic rings. The van der Waals surface area contributed by atoms with Crippen molar-refractivity contribution in [3.8, 4) is 0 Å². The van der Waals surface area contributed by atoms with Crippen LogP contribution in [0, 0.1) is 26.7 Å². The monoisotopic (exact) mass is 332 g/mol. The second kappa shape index (κ2) is 6.76. The van der Waals surface area contributed by atoms with Gasteiger partial charge in [-0.1, -0.05) is 5.16 Å². The molecule has 0 saturated carbocycles. The van der Waals surface area contributed by atoms with Crippen LogP contribution in [0.3, 0.4) is 0 Å². The van der Waals surface area contributed by atoms with Gasteiger partial charge in [0, 0.05) is 30.6 Å². The molecule has 7 heteroatoms. The Morgan fingerprint density at radius 3 is 2.79 bits per heavy atom. The maximum Gasteiger partial charge on any atom is 0.255 e. The Balaban J connectivity index is 1.70. The molecule has 0 unspecified atom stereocenters. The fraction of sp³-hybridized carbons (Fsp3) is 0.588. The topological polar surface area (TPSA) is 82.2 Å². The van der Waals surface area contributed by atoms with Gasteiger partial charge in [0.15, 0.2) is 0 Å². The third-order valence-corrected chi connectivity index (χ3v) is 4.56. The van der Waals surface area contributed by atoms with Gasteiger partial charge in [0.2, 0.25) is 0 Å². The zero-order valence-corrected chi connectivity index (χ0v) is 14.6. The summed E-state index contributed by atoms with van der Waals surface area (Å²) in [5.41, 5.74) is 3.18. The molecule has 1 aliphatic heterocycles. The Kier molecular flexibility index (Phi) is 4.71. The van der Waals surface area contributed by atoms with Crippen LogP contribution in [-0.4, -0.2) is 40.1 Å². The van der Waals surface area contributed by atoms with Gasteiger partial charge in [-0.2, -0.15) is 5.10 Å². The van der Waals surface area contributed by atoms with Crippen LogP contribution in [0.15, 0.2) is 10.6 Å². The normalized spacial score (nSPS) is 20.5. The number of nitrogens with one attached hydrogen (secondary N) is 1. The van der Waals surface area contributed by atoms with Crippen LogP contribution in [0.2, 0.25) is 0 Å². The first-order chi connectivity index (χ1) is 11.5. The average molecular weight is 332 g/mol. The van der Waals surface area contributed by atoms with Crippen molar-refractivity contribution < 1.29 is 14.1 Å². The van der Waals surface area contributed by atoms with Gasteiger partial charge < -0.3 is 14.6 Å². The summed E-state index contributed by atoms with van der Waals surface area (Å²) in [6.07, 6.45) is 0.706. The molecule has 7 nitrogen and oxygen atoms in total. The van der Waals surface area contributed by atoms with Gasteiger partial charge in [-0.3, -0.25) is 9.48 Å². The summed E-state index contributed by atoms with van der Waals surface area (Å²) in [4.78, 5) is 12.7. The maximum atomic E-state index is 12.7. The summed E-state index contributed by atoms with van der Waals surface area (Å²) < 4.78 is 12.7. The fourth-order valence-corrected chi connectivity index (χ4v) is 3.30. The third kappa shape index (κ3) is 3.21. The number of rotatable bonds is 5. The van der Waals surface area contributed by atoms with Crippen LogP contribution in [-0.2, 0) is 17.7 Å². The van der Waals surface area contributed by atoms with Gasteiger partial charge in [-0.05, 0) is 27.7 Å². The van der Waals surface area contributed by atoms with Gasteiger partial charge in [0.05, 0.1) is 36.2 Å². The first-order valence-electron chi connectivity index (χ1n) is 8.34. The minimum atomic E-state index is -0.0843. The highest BCUT2D eigenvalue weighted by Gasteiger charge is 2.32. The molecule has 1 saturated heterocycles. The molecule has 0 bridgehead atoms. The lowest BCUT2D eigenvalue weighted by molar-refractivity contribution is 0.0923. The van der Waals surface area contributed by atoms with Gasteiger partial charge in [0.1, 0.15) is 5.76 Å². The molecule has 1 amide bonds. The van der Waals surface area contributed by atoms with Crippen LogP contribution >= 0.6 is 0 Å². The third-order valence-electron chi connectivity index (χ3n) is 4.56. The van der Waals surface area contributed by atoms with E-state index in [0.717, 1.165) is 29.4 Å². The molecule has 0 aliphatic carbocycles. The van der Waals surface area contributed by atoms with Crippen molar-refractivity contribution in [2.45, 2.75) is 46.7 Å². The number of ether oxygens (including phenoxy) is 1. The summed E-state index contributed by atoms with van der Waals surface area (Å²) in [6.45, 7) is 9.59. The summed E-state index contributed by atoms with van der Waals surface area (Å²) in [6, 6.07) is 1.89. The summed E-state index contributed by atoms with van der Waals surface area (Å²) in [7, 11) is 0. The molecular formula is C17H24N4O3. The Bertz CT molecular complexity index is 734. The standard InChI is InChI=1S/C17H24N4O3/c1-5-21-12(4)16(11(3)19-21)17(22)18-15-9-23-8-13(15)7-14-6-10(2)20-24-14/h6,13,15H,5,7-9H2,1-4H3,(H,18,22)/t13-,15+/m1/s1. The predicted molar refractivity (Wildman–Crippen MR) is 87.9 cm³/mol. The highest BCUT2D eigenvalue weighted by Crippen LogP contribution is 2.21. The molecule has 24 heavy (non-hydrogen) atoms. The van der Waals surface area contributed by atoms with Crippen molar-refractivity contribution in [1.29, 1.82) is 0 Å². The van der Waals surface area contributed by atoms with Crippen LogP contribution in [0.1, 0.15) is 40.1 Å². The van der Waals surface area contributed by atoms with Crippen molar-refractivity contribution in [1.82, 2.24) is 20.3 Å². The maximum absolute atomic E-state index is 12.7. The van der Waals surface area contributed by atoms with E-state index in [4.69, 9.17) is 9.26 Å². The minimum Gasteiger partial charge on any atom is -0.379 e. The van der Waals surface area contributed by atoms with E-state index in [1.54, 1.807) is 0 Å². The molecule has 2 aromatic heterocycles. The zero-order valence-electron chi connectivity index (χ0n) is 14.6. The Morgan fingerprint density at radius 1 is 1.38 bits per heavy atom. The number of hydrogen-bond donors (Lipinski definition) is 1. The zero-order chi connectivity index (χ0) is 17.3. The van der Waals surface area contributed by atoms with E-state index < -0.39 is 0 Å². The van der Waals surface area contributed by atoms with E-state index in [2.05, 4.69) is 15.6 Å². The summed E-state index contributed by atoms with van der Waals surface area (Å²) in [5.74, 6) is 0.926. The Hall–Kier alpha value is -2.15. The Morgan fingerprint density at radius 2 is 2.17 bits per heavy atom. The predicted octanol–water partition coefficient (Wildman–Crippen LogP) is 1.80. The Labute approximate surface area is 141 Å². The van der Waals surface area contributed by atoms with E-state index in [0.29, 0.717) is 25.2 Å². The van der Waals surface area contributed by atoms with E-state index in [9.17, 15) is 4.79 Å². The van der Waals surface area contributed by atoms with Gasteiger partial charge in [-0.15, -0.1) is 0 Å². The van der Waals surface area contributed by atoms with Crippen molar-refractivity contribution in [2.75, 3.05) is 13.2 Å². The summed E-state index contributed by atoms with van der Waals surface area (Å²) in [5, 5.41) is 11.4. The van der Waals surface area contributed by atoms with E-state index in [-0.39, 0.29) is 17.9 Å². The van der Waals surface area contributed by atoms with E-state index in [1.165, 1.54) is 0 Å². The lowest BCUT2D eigenvalue weighted by Crippen LogP contribution is -2.41. The quantitative estimate of drug-likeness (QED) is 0.903. The lowest BCUT2D eigenvalue weighted by Gasteiger charge is -2.18. The molecule has 0 aromatic carbocycles. The molecule has 2 atom stereocenters. The van der Waals surface area contributed by atoms with Gasteiger partial charge in [-0.25, -0.2) is 0 Å². The van der Waals surface area contributed by atoms with Crippen LogP contribution < -0.4 is 5.32 Å². The first-order valence-corrected chi connectivity index (χ1v) is 8.34.